The molecule has 0 spiro atoms. The lowest BCUT2D eigenvalue weighted by atomic mass is 9.89. The van der Waals surface area contributed by atoms with Crippen molar-refractivity contribution in [2.24, 2.45) is 0 Å². The van der Waals surface area contributed by atoms with E-state index in [2.05, 4.69) is 23.5 Å². The summed E-state index contributed by atoms with van der Waals surface area (Å²) in [5.41, 5.74) is 4.19. The number of hydrogen-bond donors (Lipinski definition) is 1. The number of carbonyl (C=O) groups is 1. The molecule has 0 heterocycles. The van der Waals surface area contributed by atoms with Gasteiger partial charge in [-0.3, -0.25) is 9.10 Å². The second-order valence-corrected chi connectivity index (χ2v) is 9.76. The smallest absolute Gasteiger partial charge is 0.244 e. The number of rotatable bonds is 7. The topological polar surface area (TPSA) is 75.7 Å². The van der Waals surface area contributed by atoms with Crippen LogP contribution in [0, 0.1) is 0 Å². The summed E-state index contributed by atoms with van der Waals surface area (Å²) in [6, 6.07) is 11.9. The van der Waals surface area contributed by atoms with E-state index in [1.54, 1.807) is 38.3 Å². The summed E-state index contributed by atoms with van der Waals surface area (Å²) in [4.78, 5) is 13.0. The number of amides is 1. The van der Waals surface area contributed by atoms with Gasteiger partial charge in [-0.15, -0.1) is 0 Å². The van der Waals surface area contributed by atoms with E-state index in [0.717, 1.165) is 29.0 Å². The van der Waals surface area contributed by atoms with E-state index in [4.69, 9.17) is 4.74 Å². The van der Waals surface area contributed by atoms with Gasteiger partial charge in [-0.1, -0.05) is 18.2 Å². The fraction of sp³-hybridized carbons (Fsp3) is 0.435. The molecule has 30 heavy (non-hydrogen) atoms. The average Bonchev–Trinajstić information content (AvgIpc) is 2.72. The number of aryl methyl sites for hydroxylation is 2. The van der Waals surface area contributed by atoms with Gasteiger partial charge in [0.05, 0.1) is 25.1 Å². The molecule has 1 aliphatic carbocycles. The Hall–Kier alpha value is -2.54. The van der Waals surface area contributed by atoms with E-state index in [-0.39, 0.29) is 11.9 Å². The van der Waals surface area contributed by atoms with Crippen molar-refractivity contribution in [2.45, 2.75) is 51.6 Å². The van der Waals surface area contributed by atoms with Crippen LogP contribution < -0.4 is 14.4 Å². The second kappa shape index (κ2) is 9.08. The van der Waals surface area contributed by atoms with Crippen LogP contribution in [0.3, 0.4) is 0 Å². The van der Waals surface area contributed by atoms with Gasteiger partial charge in [0, 0.05) is 0 Å². The van der Waals surface area contributed by atoms with Gasteiger partial charge in [-0.2, -0.15) is 0 Å². The number of carbonyl (C=O) groups excluding carboxylic acids is 1. The van der Waals surface area contributed by atoms with Crippen LogP contribution in [0.1, 0.15) is 49.4 Å². The fourth-order valence-electron chi connectivity index (χ4n) is 3.98. The lowest BCUT2D eigenvalue weighted by molar-refractivity contribution is -0.122. The summed E-state index contributed by atoms with van der Waals surface area (Å²) in [5.74, 6) is 0.270. The molecular formula is C23H30N2O4S. The summed E-state index contributed by atoms with van der Waals surface area (Å²) >= 11 is 0. The van der Waals surface area contributed by atoms with Gasteiger partial charge >= 0.3 is 0 Å². The number of benzene rings is 2. The summed E-state index contributed by atoms with van der Waals surface area (Å²) in [5, 5.41) is 2.98. The highest BCUT2D eigenvalue weighted by Crippen LogP contribution is 2.26. The lowest BCUT2D eigenvalue weighted by Gasteiger charge is -2.29. The summed E-state index contributed by atoms with van der Waals surface area (Å²) < 4.78 is 31.2. The first-order valence-electron chi connectivity index (χ1n) is 10.3. The van der Waals surface area contributed by atoms with Gasteiger partial charge < -0.3 is 10.1 Å². The maximum atomic E-state index is 13.0. The minimum absolute atomic E-state index is 0.218. The fourth-order valence-corrected chi connectivity index (χ4v) is 5.15. The highest BCUT2D eigenvalue weighted by molar-refractivity contribution is 7.92. The van der Waals surface area contributed by atoms with Crippen molar-refractivity contribution >= 4 is 21.6 Å². The molecule has 0 fully saturated rings. The van der Waals surface area contributed by atoms with Crippen LogP contribution >= 0.6 is 0 Å². The maximum Gasteiger partial charge on any atom is 0.244 e. The zero-order valence-corrected chi connectivity index (χ0v) is 18.8. The van der Waals surface area contributed by atoms with Gasteiger partial charge in [0.15, 0.2) is 0 Å². The van der Waals surface area contributed by atoms with E-state index in [0.29, 0.717) is 11.4 Å². The Morgan fingerprint density at radius 2 is 1.67 bits per heavy atom. The van der Waals surface area contributed by atoms with Crippen LogP contribution in [0.15, 0.2) is 42.5 Å². The van der Waals surface area contributed by atoms with Crippen molar-refractivity contribution < 1.29 is 17.9 Å². The quantitative estimate of drug-likeness (QED) is 0.728. The minimum atomic E-state index is -3.66. The van der Waals surface area contributed by atoms with Crippen LogP contribution in [-0.4, -0.2) is 33.7 Å². The molecule has 0 saturated heterocycles. The Morgan fingerprint density at radius 1 is 1.03 bits per heavy atom. The van der Waals surface area contributed by atoms with Crippen LogP contribution in [0.5, 0.6) is 5.75 Å². The molecule has 2 atom stereocenters. The van der Waals surface area contributed by atoms with Gasteiger partial charge in [-0.05, 0) is 80.5 Å². The average molecular weight is 431 g/mol. The number of hydrogen-bond acceptors (Lipinski definition) is 4. The maximum absolute atomic E-state index is 13.0. The van der Waals surface area contributed by atoms with E-state index in [1.807, 2.05) is 6.92 Å². The minimum Gasteiger partial charge on any atom is -0.497 e. The van der Waals surface area contributed by atoms with Crippen molar-refractivity contribution in [2.75, 3.05) is 17.7 Å². The van der Waals surface area contributed by atoms with E-state index in [9.17, 15) is 13.2 Å². The Labute approximate surface area is 179 Å². The molecule has 0 aliphatic heterocycles. The Morgan fingerprint density at radius 3 is 2.27 bits per heavy atom. The number of ether oxygens (including phenoxy) is 1. The molecule has 2 unspecified atom stereocenters. The zero-order chi connectivity index (χ0) is 21.9. The van der Waals surface area contributed by atoms with Crippen LogP contribution in [0.4, 0.5) is 5.69 Å². The first-order chi connectivity index (χ1) is 14.2. The van der Waals surface area contributed by atoms with Crippen molar-refractivity contribution in [3.05, 3.63) is 59.2 Å². The van der Waals surface area contributed by atoms with Crippen molar-refractivity contribution in [3.63, 3.8) is 0 Å². The van der Waals surface area contributed by atoms with Gasteiger partial charge in [0.1, 0.15) is 11.8 Å². The van der Waals surface area contributed by atoms with Crippen LogP contribution in [0.2, 0.25) is 0 Å². The Balaban J connectivity index is 1.77. The normalized spacial score (nSPS) is 15.6. The first-order valence-corrected chi connectivity index (χ1v) is 12.1. The summed E-state index contributed by atoms with van der Waals surface area (Å²) in [7, 11) is -2.12. The third-order valence-corrected chi connectivity index (χ3v) is 6.89. The molecular weight excluding hydrogens is 400 g/mol. The molecule has 1 aliphatic rings. The van der Waals surface area contributed by atoms with Crippen molar-refractivity contribution in [3.8, 4) is 5.75 Å². The monoisotopic (exact) mass is 430 g/mol. The molecule has 0 bridgehead atoms. The largest absolute Gasteiger partial charge is 0.497 e. The predicted molar refractivity (Wildman–Crippen MR) is 119 cm³/mol. The SMILES string of the molecule is COc1ccc(N(C(C)C(=O)NC(C)c2ccc3c(c2)CCCC3)S(C)(=O)=O)cc1. The third kappa shape index (κ3) is 4.95. The number of sulfonamides is 1. The number of fused-ring (bicyclic) bond motifs is 1. The third-order valence-electron chi connectivity index (χ3n) is 5.65. The van der Waals surface area contributed by atoms with E-state index >= 15 is 0 Å². The van der Waals surface area contributed by atoms with Crippen LogP contribution in [0.25, 0.3) is 0 Å². The predicted octanol–water partition coefficient (Wildman–Crippen LogP) is 3.61. The molecule has 0 aromatic heterocycles. The van der Waals surface area contributed by atoms with Crippen molar-refractivity contribution in [1.82, 2.24) is 5.32 Å². The molecule has 7 heteroatoms. The molecule has 6 nitrogen and oxygen atoms in total. The summed E-state index contributed by atoms with van der Waals surface area (Å²) in [6.45, 7) is 3.52. The lowest BCUT2D eigenvalue weighted by Crippen LogP contribution is -2.48. The highest BCUT2D eigenvalue weighted by Gasteiger charge is 2.30. The number of nitrogens with zero attached hydrogens (tertiary/aromatic N) is 1. The molecule has 0 radical (unpaired) electrons. The molecule has 1 N–H and O–H groups in total. The van der Waals surface area contributed by atoms with Gasteiger partial charge in [0.25, 0.3) is 0 Å². The van der Waals surface area contributed by atoms with Gasteiger partial charge in [-0.25, -0.2) is 8.42 Å². The number of methoxy groups -OCH3 is 1. The zero-order valence-electron chi connectivity index (χ0n) is 18.0. The number of nitrogens with one attached hydrogen (secondary N) is 1. The standard InChI is InChI=1S/C23H30N2O4S/c1-16(19-10-9-18-7-5-6-8-20(18)15-19)24-23(26)17(2)25(30(4,27)28)21-11-13-22(29-3)14-12-21/h9-17H,5-8H2,1-4H3,(H,24,26). The molecule has 2 aromatic carbocycles. The van der Waals surface area contributed by atoms with Crippen LogP contribution in [-0.2, 0) is 27.7 Å². The Bertz CT molecular complexity index is 1000. The Kier molecular flexibility index (Phi) is 6.71. The van der Waals surface area contributed by atoms with Crippen molar-refractivity contribution in [1.29, 1.82) is 0 Å². The number of anilines is 1. The molecule has 1 amide bonds. The molecule has 0 saturated carbocycles. The molecule has 3 rings (SSSR count). The van der Waals surface area contributed by atoms with E-state index < -0.39 is 16.1 Å². The molecule has 162 valence electrons. The molecule has 2 aromatic rings. The second-order valence-electron chi connectivity index (χ2n) is 7.90. The summed E-state index contributed by atoms with van der Waals surface area (Å²) in [6.07, 6.45) is 5.70. The van der Waals surface area contributed by atoms with Gasteiger partial charge in [0.2, 0.25) is 15.9 Å². The van der Waals surface area contributed by atoms with E-state index in [1.165, 1.54) is 24.0 Å². The first kappa shape index (κ1) is 22.2. The highest BCUT2D eigenvalue weighted by atomic mass is 32.2.